The Hall–Kier alpha value is -2.53. The fourth-order valence-electron chi connectivity index (χ4n) is 3.14. The van der Waals surface area contributed by atoms with Crippen molar-refractivity contribution in [2.24, 2.45) is 0 Å². The smallest absolute Gasteiger partial charge is 0.291 e. The van der Waals surface area contributed by atoms with Crippen LogP contribution in [0.1, 0.15) is 18.1 Å². The number of rotatable bonds is 4. The third-order valence-corrected chi connectivity index (χ3v) is 5.64. The minimum atomic E-state index is -0.0383. The predicted molar refractivity (Wildman–Crippen MR) is 108 cm³/mol. The van der Waals surface area contributed by atoms with Gasteiger partial charge in [0.25, 0.3) is 5.56 Å². The molecule has 4 rings (SSSR count). The fraction of sp³-hybridized carbons (Fsp3) is 0.238. The summed E-state index contributed by atoms with van der Waals surface area (Å²) in [6, 6.07) is 18.5. The first-order chi connectivity index (χ1) is 12.6. The Morgan fingerprint density at radius 3 is 2.58 bits per heavy atom. The molecule has 0 fully saturated rings. The summed E-state index contributed by atoms with van der Waals surface area (Å²) in [5, 5.41) is 8.23. The van der Waals surface area contributed by atoms with Gasteiger partial charge in [-0.25, -0.2) is 4.68 Å². The summed E-state index contributed by atoms with van der Waals surface area (Å²) in [6.07, 6.45) is 0.780. The third kappa shape index (κ3) is 3.27. The molecular formula is C21H21N3OS. The van der Waals surface area contributed by atoms with Crippen molar-refractivity contribution < 1.29 is 0 Å². The lowest BCUT2D eigenvalue weighted by molar-refractivity contribution is 0.578. The number of anilines is 1. The van der Waals surface area contributed by atoms with E-state index in [1.54, 1.807) is 16.4 Å². The first-order valence-electron chi connectivity index (χ1n) is 8.81. The average molecular weight is 363 g/mol. The monoisotopic (exact) mass is 363 g/mol. The molecule has 0 spiro atoms. The van der Waals surface area contributed by atoms with E-state index in [1.807, 2.05) is 18.2 Å². The van der Waals surface area contributed by atoms with Gasteiger partial charge in [0.2, 0.25) is 0 Å². The van der Waals surface area contributed by atoms with Gasteiger partial charge in [0.15, 0.2) is 0 Å². The largest absolute Gasteiger partial charge is 0.368 e. The molecule has 1 aliphatic heterocycles. The molecule has 1 aliphatic rings. The van der Waals surface area contributed by atoms with Gasteiger partial charge in [0.05, 0.1) is 10.3 Å². The van der Waals surface area contributed by atoms with Crippen LogP contribution in [0.5, 0.6) is 0 Å². The molecule has 26 heavy (non-hydrogen) atoms. The van der Waals surface area contributed by atoms with Crippen LogP contribution >= 0.6 is 11.8 Å². The lowest BCUT2D eigenvalue weighted by atomic mass is 10.1. The van der Waals surface area contributed by atoms with Gasteiger partial charge in [0, 0.05) is 12.1 Å². The van der Waals surface area contributed by atoms with Crippen molar-refractivity contribution in [1.29, 1.82) is 0 Å². The Balaban J connectivity index is 1.75. The van der Waals surface area contributed by atoms with Crippen LogP contribution in [0.4, 0.5) is 5.69 Å². The molecule has 2 heterocycles. The van der Waals surface area contributed by atoms with E-state index in [9.17, 15) is 4.79 Å². The molecule has 0 amide bonds. The number of hydrogen-bond donors (Lipinski definition) is 1. The highest BCUT2D eigenvalue weighted by molar-refractivity contribution is 8.00. The van der Waals surface area contributed by atoms with E-state index in [4.69, 9.17) is 5.10 Å². The molecule has 1 aromatic heterocycles. The van der Waals surface area contributed by atoms with E-state index < -0.39 is 0 Å². The van der Waals surface area contributed by atoms with Gasteiger partial charge in [-0.05, 0) is 25.8 Å². The van der Waals surface area contributed by atoms with E-state index in [0.29, 0.717) is 12.2 Å². The second-order valence-electron chi connectivity index (χ2n) is 6.59. The maximum atomic E-state index is 12.9. The molecule has 1 unspecified atom stereocenters. The van der Waals surface area contributed by atoms with Crippen molar-refractivity contribution >= 4 is 17.4 Å². The summed E-state index contributed by atoms with van der Waals surface area (Å²) in [4.78, 5) is 13.9. The standard InChI is InChI=1S/C21H21N3OS/c1-14-8-10-17(11-9-14)18-20-19(22-15(2)26-20)21(25)24(23-18)13-12-16-6-4-3-5-7-16/h3-11,15,22H,12-13H2,1-2H3. The summed E-state index contributed by atoms with van der Waals surface area (Å²) in [6.45, 7) is 4.70. The van der Waals surface area contributed by atoms with Gasteiger partial charge in [-0.1, -0.05) is 71.9 Å². The molecule has 0 saturated heterocycles. The highest BCUT2D eigenvalue weighted by Gasteiger charge is 2.27. The quantitative estimate of drug-likeness (QED) is 0.750. The number of benzene rings is 2. The van der Waals surface area contributed by atoms with Gasteiger partial charge in [-0.15, -0.1) is 0 Å². The van der Waals surface area contributed by atoms with Crippen molar-refractivity contribution in [3.8, 4) is 11.3 Å². The summed E-state index contributed by atoms with van der Waals surface area (Å²) < 4.78 is 1.60. The number of fused-ring (bicyclic) bond motifs is 1. The lowest BCUT2D eigenvalue weighted by Gasteiger charge is -2.12. The van der Waals surface area contributed by atoms with Crippen LogP contribution in [-0.2, 0) is 13.0 Å². The van der Waals surface area contributed by atoms with Gasteiger partial charge in [0.1, 0.15) is 11.4 Å². The Morgan fingerprint density at radius 2 is 1.85 bits per heavy atom. The molecule has 5 heteroatoms. The summed E-state index contributed by atoms with van der Waals surface area (Å²) in [5.74, 6) is 0. The van der Waals surface area contributed by atoms with Crippen LogP contribution in [0.15, 0.2) is 64.3 Å². The first kappa shape index (κ1) is 16.9. The maximum absolute atomic E-state index is 12.9. The molecule has 4 nitrogen and oxygen atoms in total. The molecule has 0 aliphatic carbocycles. The second kappa shape index (κ2) is 7.00. The zero-order chi connectivity index (χ0) is 18.1. The van der Waals surface area contributed by atoms with Crippen LogP contribution in [0.3, 0.4) is 0 Å². The minimum Gasteiger partial charge on any atom is -0.368 e. The van der Waals surface area contributed by atoms with E-state index in [2.05, 4.69) is 55.6 Å². The molecule has 0 saturated carbocycles. The van der Waals surface area contributed by atoms with E-state index in [0.717, 1.165) is 22.6 Å². The fourth-order valence-corrected chi connectivity index (χ4v) is 4.20. The number of nitrogens with one attached hydrogen (secondary N) is 1. The molecule has 3 aromatic rings. The topological polar surface area (TPSA) is 46.9 Å². The number of nitrogens with zero attached hydrogens (tertiary/aromatic N) is 2. The molecule has 132 valence electrons. The zero-order valence-corrected chi connectivity index (χ0v) is 15.7. The van der Waals surface area contributed by atoms with Crippen LogP contribution in [0, 0.1) is 6.92 Å². The molecule has 2 aromatic carbocycles. The van der Waals surface area contributed by atoms with Gasteiger partial charge in [-0.2, -0.15) is 5.10 Å². The van der Waals surface area contributed by atoms with E-state index >= 15 is 0 Å². The first-order valence-corrected chi connectivity index (χ1v) is 9.69. The van der Waals surface area contributed by atoms with Crippen molar-refractivity contribution in [2.45, 2.75) is 37.1 Å². The number of hydrogen-bond acceptors (Lipinski definition) is 4. The molecule has 1 atom stereocenters. The number of aromatic nitrogens is 2. The summed E-state index contributed by atoms with van der Waals surface area (Å²) in [5.41, 5.74) is 4.99. The Kier molecular flexibility index (Phi) is 4.55. The molecular weight excluding hydrogens is 342 g/mol. The van der Waals surface area contributed by atoms with Crippen molar-refractivity contribution in [3.05, 3.63) is 76.1 Å². The third-order valence-electron chi connectivity index (χ3n) is 4.53. The predicted octanol–water partition coefficient (Wildman–Crippen LogP) is 4.33. The number of thioether (sulfide) groups is 1. The Morgan fingerprint density at radius 1 is 1.12 bits per heavy atom. The van der Waals surface area contributed by atoms with Crippen LogP contribution in [0.25, 0.3) is 11.3 Å². The van der Waals surface area contributed by atoms with Crippen molar-refractivity contribution in [3.63, 3.8) is 0 Å². The minimum absolute atomic E-state index is 0.0383. The summed E-state index contributed by atoms with van der Waals surface area (Å²) in [7, 11) is 0. The second-order valence-corrected chi connectivity index (χ2v) is 7.94. The molecule has 0 radical (unpaired) electrons. The van der Waals surface area contributed by atoms with E-state index in [1.165, 1.54) is 11.1 Å². The van der Waals surface area contributed by atoms with Gasteiger partial charge in [-0.3, -0.25) is 4.79 Å². The van der Waals surface area contributed by atoms with Gasteiger partial charge >= 0.3 is 0 Å². The van der Waals surface area contributed by atoms with Crippen LogP contribution in [-0.4, -0.2) is 15.2 Å². The average Bonchev–Trinajstić information content (AvgIpc) is 3.05. The number of aryl methyl sites for hydroxylation is 3. The molecule has 0 bridgehead atoms. The Labute approximate surface area is 157 Å². The highest BCUT2D eigenvalue weighted by Crippen LogP contribution is 2.41. The highest BCUT2D eigenvalue weighted by atomic mass is 32.2. The summed E-state index contributed by atoms with van der Waals surface area (Å²) >= 11 is 1.67. The SMILES string of the molecule is Cc1ccc(-c2nn(CCc3ccccc3)c(=O)c3c2SC(C)N3)cc1. The maximum Gasteiger partial charge on any atom is 0.291 e. The Bertz CT molecular complexity index is 981. The van der Waals surface area contributed by atoms with Crippen molar-refractivity contribution in [1.82, 2.24) is 9.78 Å². The molecule has 1 N–H and O–H groups in total. The van der Waals surface area contributed by atoms with Crippen LogP contribution < -0.4 is 10.9 Å². The lowest BCUT2D eigenvalue weighted by Crippen LogP contribution is -2.27. The van der Waals surface area contributed by atoms with Crippen molar-refractivity contribution in [2.75, 3.05) is 5.32 Å². The van der Waals surface area contributed by atoms with Gasteiger partial charge < -0.3 is 5.32 Å². The van der Waals surface area contributed by atoms with E-state index in [-0.39, 0.29) is 10.9 Å². The van der Waals surface area contributed by atoms with Crippen LogP contribution in [0.2, 0.25) is 0 Å². The normalized spacial score (nSPS) is 15.5. The zero-order valence-electron chi connectivity index (χ0n) is 14.9.